The number of nitrogens with one attached hydrogen (secondary N) is 2. The van der Waals surface area contributed by atoms with Crippen LogP contribution in [0.2, 0.25) is 0 Å². The molecule has 2 unspecified atom stereocenters. The van der Waals surface area contributed by atoms with E-state index in [1.165, 1.54) is 13.0 Å². The summed E-state index contributed by atoms with van der Waals surface area (Å²) in [5.41, 5.74) is 0.389. The maximum Gasteiger partial charge on any atom is 0.326 e. The summed E-state index contributed by atoms with van der Waals surface area (Å²) < 4.78 is 26.3. The number of amides is 1. The highest BCUT2D eigenvalue weighted by molar-refractivity contribution is 7.90. The maximum atomic E-state index is 12.1. The molecule has 0 aromatic heterocycles. The molecule has 0 bridgehead atoms. The standard InChI is InChI=1S/C15H19N3O5S/c1-3-6-11(15(20)21)17-14(19)9(2)16-13-10-7-4-5-8-12(10)24(22,23)18-13/h4-5,7-9,11H,3,6H2,1-2H3,(H,16,18)(H,17,19)(H,20,21). The highest BCUT2D eigenvalue weighted by Crippen LogP contribution is 2.22. The largest absolute Gasteiger partial charge is 0.480 e. The van der Waals surface area contributed by atoms with Gasteiger partial charge in [0, 0.05) is 5.56 Å². The second kappa shape index (κ2) is 7.00. The molecule has 0 saturated carbocycles. The Labute approximate surface area is 140 Å². The lowest BCUT2D eigenvalue weighted by molar-refractivity contribution is -0.142. The molecule has 1 aromatic rings. The van der Waals surface area contributed by atoms with Crippen molar-refractivity contribution in [3.05, 3.63) is 29.8 Å². The minimum atomic E-state index is -3.68. The van der Waals surface area contributed by atoms with Crippen molar-refractivity contribution in [2.24, 2.45) is 4.99 Å². The van der Waals surface area contributed by atoms with Gasteiger partial charge in [-0.2, -0.15) is 0 Å². The van der Waals surface area contributed by atoms with E-state index in [2.05, 4.69) is 15.0 Å². The van der Waals surface area contributed by atoms with Crippen molar-refractivity contribution >= 4 is 27.7 Å². The molecule has 9 heteroatoms. The van der Waals surface area contributed by atoms with E-state index in [-0.39, 0.29) is 10.7 Å². The van der Waals surface area contributed by atoms with Gasteiger partial charge < -0.3 is 10.4 Å². The summed E-state index contributed by atoms with van der Waals surface area (Å²) in [6.07, 6.45) is 0.910. The molecular weight excluding hydrogens is 334 g/mol. The minimum absolute atomic E-state index is 0.0793. The summed E-state index contributed by atoms with van der Waals surface area (Å²) in [6, 6.07) is 4.38. The van der Waals surface area contributed by atoms with Crippen molar-refractivity contribution in [3.63, 3.8) is 0 Å². The van der Waals surface area contributed by atoms with Crippen LogP contribution in [0.25, 0.3) is 0 Å². The van der Waals surface area contributed by atoms with Crippen molar-refractivity contribution in [1.29, 1.82) is 0 Å². The van der Waals surface area contributed by atoms with E-state index < -0.39 is 34.0 Å². The van der Waals surface area contributed by atoms with Crippen LogP contribution >= 0.6 is 0 Å². The van der Waals surface area contributed by atoms with Crippen molar-refractivity contribution in [3.8, 4) is 0 Å². The first-order valence-electron chi connectivity index (χ1n) is 7.49. The molecule has 2 rings (SSSR count). The van der Waals surface area contributed by atoms with Crippen LogP contribution in [0.4, 0.5) is 0 Å². The number of hydrogen-bond donors (Lipinski definition) is 3. The van der Waals surface area contributed by atoms with E-state index in [0.29, 0.717) is 18.4 Å². The lowest BCUT2D eigenvalue weighted by atomic mass is 10.1. The minimum Gasteiger partial charge on any atom is -0.480 e. The van der Waals surface area contributed by atoms with E-state index in [9.17, 15) is 18.0 Å². The van der Waals surface area contributed by atoms with Gasteiger partial charge in [-0.1, -0.05) is 25.5 Å². The molecule has 8 nitrogen and oxygen atoms in total. The molecule has 0 fully saturated rings. The number of benzene rings is 1. The van der Waals surface area contributed by atoms with Crippen LogP contribution in [-0.4, -0.2) is 43.3 Å². The molecule has 1 aliphatic heterocycles. The van der Waals surface area contributed by atoms with Crippen LogP contribution in [0.3, 0.4) is 0 Å². The fourth-order valence-electron chi connectivity index (χ4n) is 2.32. The summed E-state index contributed by atoms with van der Waals surface area (Å²) in [4.78, 5) is 27.4. The average Bonchev–Trinajstić information content (AvgIpc) is 2.78. The number of amidine groups is 1. The third kappa shape index (κ3) is 3.73. The second-order valence-corrected chi connectivity index (χ2v) is 7.09. The predicted molar refractivity (Wildman–Crippen MR) is 87.2 cm³/mol. The molecule has 3 N–H and O–H groups in total. The predicted octanol–water partition coefficient (Wildman–Crippen LogP) is 0.483. The van der Waals surface area contributed by atoms with Gasteiger partial charge >= 0.3 is 5.97 Å². The summed E-state index contributed by atoms with van der Waals surface area (Å²) >= 11 is 0. The topological polar surface area (TPSA) is 125 Å². The van der Waals surface area contributed by atoms with Gasteiger partial charge in [-0.15, -0.1) is 0 Å². The number of carboxylic acids is 1. The number of fused-ring (bicyclic) bond motifs is 1. The Morgan fingerprint density at radius 3 is 2.62 bits per heavy atom. The van der Waals surface area contributed by atoms with E-state index in [1.54, 1.807) is 18.2 Å². The Kier molecular flexibility index (Phi) is 5.23. The van der Waals surface area contributed by atoms with Crippen molar-refractivity contribution < 1.29 is 23.1 Å². The van der Waals surface area contributed by atoms with Crippen molar-refractivity contribution in [1.82, 2.24) is 10.0 Å². The van der Waals surface area contributed by atoms with Gasteiger partial charge in [0.2, 0.25) is 5.91 Å². The summed E-state index contributed by atoms with van der Waals surface area (Å²) in [6.45, 7) is 3.29. The van der Waals surface area contributed by atoms with Crippen molar-refractivity contribution in [2.75, 3.05) is 0 Å². The molecule has 1 heterocycles. The number of aliphatic carboxylic acids is 1. The number of carbonyl (C=O) groups is 2. The van der Waals surface area contributed by atoms with Gasteiger partial charge in [-0.3, -0.25) is 14.5 Å². The molecule has 130 valence electrons. The maximum absolute atomic E-state index is 12.1. The molecule has 0 spiro atoms. The second-order valence-electron chi connectivity index (χ2n) is 5.44. The molecule has 0 radical (unpaired) electrons. The summed E-state index contributed by atoms with van der Waals surface area (Å²) in [5.74, 6) is -1.61. The van der Waals surface area contributed by atoms with Gasteiger partial charge in [0.05, 0.1) is 4.90 Å². The monoisotopic (exact) mass is 353 g/mol. The Morgan fingerprint density at radius 2 is 2.00 bits per heavy atom. The first kappa shape index (κ1) is 17.9. The SMILES string of the molecule is CCCC(NC(=O)C(C)N=C1NS(=O)(=O)c2ccccc21)C(=O)O. The molecule has 2 atom stereocenters. The molecule has 0 aliphatic carbocycles. The van der Waals surface area contributed by atoms with Crippen LogP contribution in [0.5, 0.6) is 0 Å². The molecule has 1 aromatic carbocycles. The zero-order valence-electron chi connectivity index (χ0n) is 13.3. The van der Waals surface area contributed by atoms with Gasteiger partial charge in [0.1, 0.15) is 17.9 Å². The van der Waals surface area contributed by atoms with Gasteiger partial charge in [-0.05, 0) is 25.5 Å². The highest BCUT2D eigenvalue weighted by Gasteiger charge is 2.31. The van der Waals surface area contributed by atoms with Crippen LogP contribution in [-0.2, 0) is 19.6 Å². The molecule has 24 heavy (non-hydrogen) atoms. The Balaban J connectivity index is 2.20. The third-order valence-corrected chi connectivity index (χ3v) is 4.95. The first-order chi connectivity index (χ1) is 11.3. The lowest BCUT2D eigenvalue weighted by Crippen LogP contribution is -2.44. The Bertz CT molecular complexity index is 788. The van der Waals surface area contributed by atoms with Crippen LogP contribution in [0.15, 0.2) is 34.2 Å². The van der Waals surface area contributed by atoms with Crippen LogP contribution < -0.4 is 10.0 Å². The molecule has 1 aliphatic rings. The fourth-order valence-corrected chi connectivity index (χ4v) is 3.56. The number of hydrogen-bond acceptors (Lipinski definition) is 5. The quantitative estimate of drug-likeness (QED) is 0.686. The van der Waals surface area contributed by atoms with Gasteiger partial charge in [-0.25, -0.2) is 13.2 Å². The first-order valence-corrected chi connectivity index (χ1v) is 8.97. The number of nitrogens with zero attached hydrogens (tertiary/aromatic N) is 1. The fraction of sp³-hybridized carbons (Fsp3) is 0.400. The number of carbonyl (C=O) groups excluding carboxylic acids is 1. The number of carboxylic acid groups (broad SMARTS) is 1. The van der Waals surface area contributed by atoms with Crippen LogP contribution in [0, 0.1) is 0 Å². The Hall–Kier alpha value is -2.42. The zero-order valence-corrected chi connectivity index (χ0v) is 14.1. The van der Waals surface area contributed by atoms with E-state index in [4.69, 9.17) is 5.11 Å². The molecule has 0 saturated heterocycles. The Morgan fingerprint density at radius 1 is 1.33 bits per heavy atom. The normalized spacial score (nSPS) is 19.2. The third-order valence-electron chi connectivity index (χ3n) is 3.56. The zero-order chi connectivity index (χ0) is 17.9. The molecular formula is C15H19N3O5S. The summed E-state index contributed by atoms with van der Waals surface area (Å²) in [5, 5.41) is 11.5. The average molecular weight is 353 g/mol. The number of rotatable bonds is 6. The summed E-state index contributed by atoms with van der Waals surface area (Å²) in [7, 11) is -3.68. The number of aliphatic imine (C=N–C) groups is 1. The number of sulfonamides is 1. The smallest absolute Gasteiger partial charge is 0.326 e. The van der Waals surface area contributed by atoms with E-state index in [0.717, 1.165) is 0 Å². The lowest BCUT2D eigenvalue weighted by Gasteiger charge is -2.15. The van der Waals surface area contributed by atoms with Crippen LogP contribution in [0.1, 0.15) is 32.3 Å². The van der Waals surface area contributed by atoms with Gasteiger partial charge in [0.25, 0.3) is 10.0 Å². The van der Waals surface area contributed by atoms with Gasteiger partial charge in [0.15, 0.2) is 0 Å². The highest BCUT2D eigenvalue weighted by atomic mass is 32.2. The van der Waals surface area contributed by atoms with Crippen molar-refractivity contribution in [2.45, 2.75) is 43.7 Å². The van der Waals surface area contributed by atoms with E-state index >= 15 is 0 Å². The molecule has 1 amide bonds. The van der Waals surface area contributed by atoms with E-state index in [1.807, 2.05) is 6.92 Å².